The Morgan fingerprint density at radius 1 is 1.20 bits per heavy atom. The minimum atomic E-state index is 0.0512. The van der Waals surface area contributed by atoms with E-state index in [2.05, 4.69) is 6.58 Å². The first kappa shape index (κ1) is 11.1. The molecular formula is C13H14O2. The SMILES string of the molecule is C=CC(/C=C/c1cc(O)cc(O)c1)=C\C. The summed E-state index contributed by atoms with van der Waals surface area (Å²) in [5.41, 5.74) is 1.73. The number of aromatic hydroxyl groups is 2. The molecule has 0 fully saturated rings. The van der Waals surface area contributed by atoms with Crippen LogP contribution < -0.4 is 0 Å². The monoisotopic (exact) mass is 202 g/mol. The van der Waals surface area contributed by atoms with Crippen LogP contribution in [-0.2, 0) is 0 Å². The van der Waals surface area contributed by atoms with Crippen molar-refractivity contribution in [2.24, 2.45) is 0 Å². The molecule has 0 saturated heterocycles. The van der Waals surface area contributed by atoms with Crippen molar-refractivity contribution in [2.75, 3.05) is 0 Å². The van der Waals surface area contributed by atoms with E-state index in [1.165, 1.54) is 6.07 Å². The second kappa shape index (κ2) is 5.05. The molecule has 2 nitrogen and oxygen atoms in total. The second-order valence-corrected chi connectivity index (χ2v) is 3.11. The predicted molar refractivity (Wildman–Crippen MR) is 62.8 cm³/mol. The highest BCUT2D eigenvalue weighted by Gasteiger charge is 1.95. The molecule has 2 N–H and O–H groups in total. The topological polar surface area (TPSA) is 40.5 Å². The molecule has 1 aromatic rings. The average Bonchev–Trinajstić information content (AvgIpc) is 2.18. The summed E-state index contributed by atoms with van der Waals surface area (Å²) in [5, 5.41) is 18.5. The Morgan fingerprint density at radius 2 is 1.80 bits per heavy atom. The minimum absolute atomic E-state index is 0.0512. The molecule has 1 rings (SSSR count). The van der Waals surface area contributed by atoms with E-state index in [0.29, 0.717) is 0 Å². The zero-order chi connectivity index (χ0) is 11.3. The number of rotatable bonds is 3. The Labute approximate surface area is 89.5 Å². The lowest BCUT2D eigenvalue weighted by molar-refractivity contribution is 0.450. The molecule has 2 heteroatoms. The van der Waals surface area contributed by atoms with E-state index in [-0.39, 0.29) is 11.5 Å². The lowest BCUT2D eigenvalue weighted by Crippen LogP contribution is -1.74. The largest absolute Gasteiger partial charge is 0.508 e. The van der Waals surface area contributed by atoms with Gasteiger partial charge in [-0.25, -0.2) is 0 Å². The van der Waals surface area contributed by atoms with Gasteiger partial charge in [-0.1, -0.05) is 30.9 Å². The average molecular weight is 202 g/mol. The van der Waals surface area contributed by atoms with Gasteiger partial charge in [-0.15, -0.1) is 0 Å². The summed E-state index contributed by atoms with van der Waals surface area (Å²) in [6.45, 7) is 5.58. The number of hydrogen-bond donors (Lipinski definition) is 2. The molecule has 0 unspecified atom stereocenters. The summed E-state index contributed by atoms with van der Waals surface area (Å²) in [6.07, 6.45) is 7.32. The molecular weight excluding hydrogens is 188 g/mol. The van der Waals surface area contributed by atoms with Gasteiger partial charge >= 0.3 is 0 Å². The maximum absolute atomic E-state index is 9.24. The van der Waals surface area contributed by atoms with Crippen molar-refractivity contribution in [1.29, 1.82) is 0 Å². The summed E-state index contributed by atoms with van der Waals surface area (Å²) in [7, 11) is 0. The van der Waals surface area contributed by atoms with Crippen LogP contribution >= 0.6 is 0 Å². The van der Waals surface area contributed by atoms with Crippen LogP contribution in [0.1, 0.15) is 12.5 Å². The highest BCUT2D eigenvalue weighted by molar-refractivity contribution is 5.58. The van der Waals surface area contributed by atoms with Crippen LogP contribution in [0.15, 0.2) is 48.6 Å². The molecule has 0 atom stereocenters. The summed E-state index contributed by atoms with van der Waals surface area (Å²) in [4.78, 5) is 0. The van der Waals surface area contributed by atoms with Gasteiger partial charge in [0.25, 0.3) is 0 Å². The quantitative estimate of drug-likeness (QED) is 0.739. The first-order valence-corrected chi connectivity index (χ1v) is 4.65. The number of phenolic OH excluding ortho intramolecular Hbond substituents is 2. The van der Waals surface area contributed by atoms with Crippen molar-refractivity contribution in [3.05, 3.63) is 54.1 Å². The molecule has 0 spiro atoms. The number of hydrogen-bond acceptors (Lipinski definition) is 2. The highest BCUT2D eigenvalue weighted by Crippen LogP contribution is 2.21. The molecule has 15 heavy (non-hydrogen) atoms. The Hall–Kier alpha value is -1.96. The van der Waals surface area contributed by atoms with Crippen LogP contribution in [0.5, 0.6) is 11.5 Å². The van der Waals surface area contributed by atoms with Gasteiger partial charge < -0.3 is 10.2 Å². The summed E-state index contributed by atoms with van der Waals surface area (Å²) < 4.78 is 0. The van der Waals surface area contributed by atoms with Gasteiger partial charge in [0, 0.05) is 6.07 Å². The third-order valence-electron chi connectivity index (χ3n) is 1.96. The van der Waals surface area contributed by atoms with E-state index in [1.807, 2.05) is 19.1 Å². The molecule has 0 radical (unpaired) electrons. The van der Waals surface area contributed by atoms with E-state index in [9.17, 15) is 10.2 Å². The lowest BCUT2D eigenvalue weighted by atomic mass is 10.1. The Bertz CT molecular complexity index is 394. The van der Waals surface area contributed by atoms with E-state index in [1.54, 1.807) is 24.3 Å². The highest BCUT2D eigenvalue weighted by atomic mass is 16.3. The van der Waals surface area contributed by atoms with Crippen molar-refractivity contribution in [1.82, 2.24) is 0 Å². The van der Waals surface area contributed by atoms with Gasteiger partial charge in [-0.05, 0) is 30.2 Å². The van der Waals surface area contributed by atoms with E-state index in [0.717, 1.165) is 11.1 Å². The number of benzene rings is 1. The second-order valence-electron chi connectivity index (χ2n) is 3.11. The van der Waals surface area contributed by atoms with E-state index in [4.69, 9.17) is 0 Å². The van der Waals surface area contributed by atoms with Crippen molar-refractivity contribution in [3.63, 3.8) is 0 Å². The Morgan fingerprint density at radius 3 is 2.27 bits per heavy atom. The summed E-state index contributed by atoms with van der Waals surface area (Å²) in [5.74, 6) is 0.102. The van der Waals surface area contributed by atoms with Gasteiger partial charge in [0.2, 0.25) is 0 Å². The zero-order valence-electron chi connectivity index (χ0n) is 8.64. The molecule has 0 aliphatic rings. The fraction of sp³-hybridized carbons (Fsp3) is 0.0769. The van der Waals surface area contributed by atoms with Crippen LogP contribution in [0.2, 0.25) is 0 Å². The van der Waals surface area contributed by atoms with Crippen molar-refractivity contribution in [3.8, 4) is 11.5 Å². The van der Waals surface area contributed by atoms with Crippen LogP contribution in [0.4, 0.5) is 0 Å². The first-order valence-electron chi connectivity index (χ1n) is 4.65. The number of phenols is 2. The molecule has 1 aromatic carbocycles. The fourth-order valence-corrected chi connectivity index (χ4v) is 1.19. The maximum Gasteiger partial charge on any atom is 0.119 e. The first-order chi connectivity index (χ1) is 7.15. The van der Waals surface area contributed by atoms with Crippen molar-refractivity contribution in [2.45, 2.75) is 6.92 Å². The maximum atomic E-state index is 9.24. The van der Waals surface area contributed by atoms with Crippen molar-refractivity contribution < 1.29 is 10.2 Å². The number of allylic oxidation sites excluding steroid dienone is 4. The van der Waals surface area contributed by atoms with Gasteiger partial charge in [-0.3, -0.25) is 0 Å². The van der Waals surface area contributed by atoms with Crippen LogP contribution in [-0.4, -0.2) is 10.2 Å². The molecule has 0 amide bonds. The minimum Gasteiger partial charge on any atom is -0.508 e. The van der Waals surface area contributed by atoms with Gasteiger partial charge in [0.15, 0.2) is 0 Å². The summed E-state index contributed by atoms with van der Waals surface area (Å²) >= 11 is 0. The normalized spacial score (nSPS) is 11.9. The Balaban J connectivity index is 2.94. The Kier molecular flexibility index (Phi) is 3.75. The molecule has 78 valence electrons. The third-order valence-corrected chi connectivity index (χ3v) is 1.96. The smallest absolute Gasteiger partial charge is 0.119 e. The zero-order valence-corrected chi connectivity index (χ0v) is 8.64. The van der Waals surface area contributed by atoms with Gasteiger partial charge in [0.05, 0.1) is 0 Å². The van der Waals surface area contributed by atoms with Crippen molar-refractivity contribution >= 4 is 6.08 Å². The fourth-order valence-electron chi connectivity index (χ4n) is 1.19. The molecule has 0 bridgehead atoms. The van der Waals surface area contributed by atoms with E-state index >= 15 is 0 Å². The molecule has 0 aliphatic heterocycles. The standard InChI is InChI=1S/C13H14O2/c1-3-10(4-2)5-6-11-7-12(14)9-13(15)8-11/h3-9,14-15H,1H2,2H3/b6-5+,10-4+. The third kappa shape index (κ3) is 3.35. The van der Waals surface area contributed by atoms with Crippen LogP contribution in [0.25, 0.3) is 6.08 Å². The van der Waals surface area contributed by atoms with E-state index < -0.39 is 0 Å². The predicted octanol–water partition coefficient (Wildman–Crippen LogP) is 3.24. The van der Waals surface area contributed by atoms with Crippen LogP contribution in [0.3, 0.4) is 0 Å². The van der Waals surface area contributed by atoms with Gasteiger partial charge in [0.1, 0.15) is 11.5 Å². The molecule has 0 aliphatic carbocycles. The molecule has 0 aromatic heterocycles. The lowest BCUT2D eigenvalue weighted by Gasteiger charge is -1.98. The molecule has 0 saturated carbocycles. The van der Waals surface area contributed by atoms with Crippen LogP contribution in [0, 0.1) is 0 Å². The molecule has 0 heterocycles. The van der Waals surface area contributed by atoms with Gasteiger partial charge in [-0.2, -0.15) is 0 Å². The summed E-state index contributed by atoms with van der Waals surface area (Å²) in [6, 6.07) is 4.45.